The molecule has 0 bridgehead atoms. The van der Waals surface area contributed by atoms with Gasteiger partial charge in [0.2, 0.25) is 0 Å². The third-order valence-corrected chi connectivity index (χ3v) is 4.04. The summed E-state index contributed by atoms with van der Waals surface area (Å²) in [5.74, 6) is 0.0277. The first-order valence-electron chi connectivity index (χ1n) is 8.44. The summed E-state index contributed by atoms with van der Waals surface area (Å²) in [6.07, 6.45) is 3.91. The number of nitrogens with two attached hydrogens (primary N) is 1. The summed E-state index contributed by atoms with van der Waals surface area (Å²) in [6.45, 7) is 1.07. The fraction of sp³-hybridized carbons (Fsp3) is 0.150. The molecule has 7 nitrogen and oxygen atoms in total. The maximum atomic E-state index is 12.3. The summed E-state index contributed by atoms with van der Waals surface area (Å²) in [5, 5.41) is 10.1. The molecule has 2 amide bonds. The largest absolute Gasteiger partial charge is 0.484 e. The molecular formula is C20H20N4O3. The molecule has 0 unspecified atom stereocenters. The number of carbonyl (C=O) groups is 2. The summed E-state index contributed by atoms with van der Waals surface area (Å²) in [4.78, 5) is 26.0. The molecule has 0 radical (unpaired) electrons. The highest BCUT2D eigenvalue weighted by molar-refractivity contribution is 5.97. The Bertz CT molecular complexity index is 882. The van der Waals surface area contributed by atoms with Gasteiger partial charge in [-0.05, 0) is 36.4 Å². The minimum Gasteiger partial charge on any atom is -0.484 e. The van der Waals surface area contributed by atoms with E-state index < -0.39 is 0 Å². The van der Waals surface area contributed by atoms with Gasteiger partial charge in [-0.3, -0.25) is 15.0 Å². The molecule has 2 aromatic carbocycles. The Kier molecular flexibility index (Phi) is 5.51. The molecular weight excluding hydrogens is 344 g/mol. The van der Waals surface area contributed by atoms with Crippen molar-refractivity contribution in [3.63, 3.8) is 0 Å². The molecule has 1 heterocycles. The maximum Gasteiger partial charge on any atom is 0.262 e. The third-order valence-electron chi connectivity index (χ3n) is 4.04. The smallest absolute Gasteiger partial charge is 0.262 e. The molecule has 0 fully saturated rings. The number of amides is 2. The molecule has 0 saturated carbocycles. The van der Waals surface area contributed by atoms with Gasteiger partial charge in [0.25, 0.3) is 11.8 Å². The van der Waals surface area contributed by atoms with Crippen LogP contribution in [0, 0.1) is 5.41 Å². The zero-order chi connectivity index (χ0) is 19.2. The fourth-order valence-electron chi connectivity index (χ4n) is 2.62. The Labute approximate surface area is 156 Å². The summed E-state index contributed by atoms with van der Waals surface area (Å²) in [7, 11) is 0. The number of hydrogen-bond acceptors (Lipinski definition) is 4. The third kappa shape index (κ3) is 4.72. The van der Waals surface area contributed by atoms with Crippen LogP contribution in [0.2, 0.25) is 0 Å². The molecule has 0 aliphatic carbocycles. The van der Waals surface area contributed by atoms with Crippen LogP contribution < -0.4 is 15.8 Å². The SMILES string of the molecule is N=C(N)c1cccc(OCC(=O)Nc2ccc(C(=O)N3CC=CC3)cc2)c1. The van der Waals surface area contributed by atoms with E-state index in [2.05, 4.69) is 5.32 Å². The molecule has 0 saturated heterocycles. The highest BCUT2D eigenvalue weighted by Crippen LogP contribution is 2.15. The monoisotopic (exact) mass is 364 g/mol. The summed E-state index contributed by atoms with van der Waals surface area (Å²) in [6, 6.07) is 13.4. The van der Waals surface area contributed by atoms with E-state index in [9.17, 15) is 9.59 Å². The number of nitrogens with zero attached hydrogens (tertiary/aromatic N) is 1. The van der Waals surface area contributed by atoms with E-state index >= 15 is 0 Å². The Balaban J connectivity index is 1.52. The van der Waals surface area contributed by atoms with Crippen LogP contribution in [0.3, 0.4) is 0 Å². The standard InChI is InChI=1S/C20H20N4O3/c21-19(22)15-4-3-5-17(12-15)27-13-18(25)23-16-8-6-14(7-9-16)20(26)24-10-1-2-11-24/h1-9,12H,10-11,13H2,(H3,21,22)(H,23,25). The van der Waals surface area contributed by atoms with Crippen LogP contribution in [-0.4, -0.2) is 42.2 Å². The number of carbonyl (C=O) groups excluding carboxylic acids is 2. The fourth-order valence-corrected chi connectivity index (χ4v) is 2.62. The van der Waals surface area contributed by atoms with Crippen molar-refractivity contribution >= 4 is 23.3 Å². The number of rotatable bonds is 6. The van der Waals surface area contributed by atoms with Crippen LogP contribution in [0.5, 0.6) is 5.75 Å². The van der Waals surface area contributed by atoms with Gasteiger partial charge in [0.15, 0.2) is 6.61 Å². The van der Waals surface area contributed by atoms with Gasteiger partial charge in [0.1, 0.15) is 11.6 Å². The number of nitrogen functional groups attached to an aromatic ring is 1. The minimum atomic E-state index is -0.328. The van der Waals surface area contributed by atoms with Crippen molar-refractivity contribution in [3.8, 4) is 5.75 Å². The van der Waals surface area contributed by atoms with Crippen molar-refractivity contribution < 1.29 is 14.3 Å². The lowest BCUT2D eigenvalue weighted by molar-refractivity contribution is -0.118. The average molecular weight is 364 g/mol. The number of nitrogens with one attached hydrogen (secondary N) is 2. The zero-order valence-corrected chi connectivity index (χ0v) is 14.6. The van der Waals surface area contributed by atoms with Crippen molar-refractivity contribution in [2.24, 2.45) is 5.73 Å². The number of benzene rings is 2. The molecule has 0 spiro atoms. The van der Waals surface area contributed by atoms with E-state index in [4.69, 9.17) is 15.9 Å². The maximum absolute atomic E-state index is 12.3. The first-order chi connectivity index (χ1) is 13.0. The summed E-state index contributed by atoms with van der Waals surface area (Å²) < 4.78 is 5.43. The molecule has 27 heavy (non-hydrogen) atoms. The number of ether oxygens (including phenoxy) is 1. The molecule has 2 aromatic rings. The van der Waals surface area contributed by atoms with Gasteiger partial charge in [-0.25, -0.2) is 0 Å². The predicted octanol–water partition coefficient (Wildman–Crippen LogP) is 2.00. The molecule has 1 aliphatic heterocycles. The molecule has 0 atom stereocenters. The van der Waals surface area contributed by atoms with Crippen molar-refractivity contribution in [2.75, 3.05) is 25.0 Å². The molecule has 138 valence electrons. The first-order valence-corrected chi connectivity index (χ1v) is 8.44. The topological polar surface area (TPSA) is 109 Å². The Morgan fingerprint density at radius 3 is 2.44 bits per heavy atom. The van der Waals surface area contributed by atoms with Crippen LogP contribution in [0.25, 0.3) is 0 Å². The van der Waals surface area contributed by atoms with E-state index in [-0.39, 0.29) is 24.3 Å². The van der Waals surface area contributed by atoms with Crippen LogP contribution in [-0.2, 0) is 4.79 Å². The molecule has 1 aliphatic rings. The van der Waals surface area contributed by atoms with Crippen LogP contribution in [0.4, 0.5) is 5.69 Å². The normalized spacial score (nSPS) is 12.7. The van der Waals surface area contributed by atoms with Gasteiger partial charge in [-0.15, -0.1) is 0 Å². The highest BCUT2D eigenvalue weighted by atomic mass is 16.5. The van der Waals surface area contributed by atoms with E-state index in [1.54, 1.807) is 53.4 Å². The Hall–Kier alpha value is -3.61. The summed E-state index contributed by atoms with van der Waals surface area (Å²) in [5.41, 5.74) is 7.12. The van der Waals surface area contributed by atoms with Gasteiger partial charge in [0, 0.05) is 29.9 Å². The van der Waals surface area contributed by atoms with E-state index in [1.807, 2.05) is 12.2 Å². The molecule has 7 heteroatoms. The van der Waals surface area contributed by atoms with Gasteiger partial charge in [-0.2, -0.15) is 0 Å². The quantitative estimate of drug-likeness (QED) is 0.414. The predicted molar refractivity (Wildman–Crippen MR) is 103 cm³/mol. The number of anilines is 1. The van der Waals surface area contributed by atoms with Crippen molar-refractivity contribution in [3.05, 3.63) is 71.8 Å². The average Bonchev–Trinajstić information content (AvgIpc) is 3.21. The lowest BCUT2D eigenvalue weighted by Crippen LogP contribution is -2.28. The van der Waals surface area contributed by atoms with Crippen LogP contribution in [0.15, 0.2) is 60.7 Å². The van der Waals surface area contributed by atoms with E-state index in [1.165, 1.54) is 0 Å². The van der Waals surface area contributed by atoms with Gasteiger partial charge < -0.3 is 20.7 Å². The number of amidine groups is 1. The molecule has 3 rings (SSSR count). The van der Waals surface area contributed by atoms with Gasteiger partial charge >= 0.3 is 0 Å². The number of hydrogen-bond donors (Lipinski definition) is 3. The summed E-state index contributed by atoms with van der Waals surface area (Å²) >= 11 is 0. The zero-order valence-electron chi connectivity index (χ0n) is 14.6. The second-order valence-electron chi connectivity index (χ2n) is 6.04. The van der Waals surface area contributed by atoms with Gasteiger partial charge in [-0.1, -0.05) is 24.3 Å². The van der Waals surface area contributed by atoms with Crippen molar-refractivity contribution in [1.82, 2.24) is 4.90 Å². The second-order valence-corrected chi connectivity index (χ2v) is 6.04. The second kappa shape index (κ2) is 8.18. The van der Waals surface area contributed by atoms with E-state index in [0.29, 0.717) is 35.7 Å². The van der Waals surface area contributed by atoms with Gasteiger partial charge in [0.05, 0.1) is 0 Å². The highest BCUT2D eigenvalue weighted by Gasteiger charge is 2.16. The molecule has 4 N–H and O–H groups in total. The lowest BCUT2D eigenvalue weighted by Gasteiger charge is -2.15. The van der Waals surface area contributed by atoms with Crippen LogP contribution >= 0.6 is 0 Å². The van der Waals surface area contributed by atoms with Crippen LogP contribution in [0.1, 0.15) is 15.9 Å². The van der Waals surface area contributed by atoms with E-state index in [0.717, 1.165) is 0 Å². The van der Waals surface area contributed by atoms with Crippen molar-refractivity contribution in [2.45, 2.75) is 0 Å². The Morgan fingerprint density at radius 2 is 1.78 bits per heavy atom. The molecule has 0 aromatic heterocycles. The van der Waals surface area contributed by atoms with Crippen molar-refractivity contribution in [1.29, 1.82) is 5.41 Å². The lowest BCUT2D eigenvalue weighted by atomic mass is 10.2. The Morgan fingerprint density at radius 1 is 1.07 bits per heavy atom. The first kappa shape index (κ1) is 18.2. The minimum absolute atomic E-state index is 0.0356.